The van der Waals surface area contributed by atoms with Crippen LogP contribution in [-0.4, -0.2) is 23.7 Å². The van der Waals surface area contributed by atoms with Gasteiger partial charge in [0, 0.05) is 0 Å². The Morgan fingerprint density at radius 2 is 2.25 bits per heavy atom. The highest BCUT2D eigenvalue weighted by atomic mass is 16.5. The Morgan fingerprint density at radius 1 is 1.50 bits per heavy atom. The third kappa shape index (κ3) is 1.84. The molecule has 1 heterocycles. The van der Waals surface area contributed by atoms with Gasteiger partial charge in [-0.25, -0.2) is 4.98 Å². The average molecular weight is 168 g/mol. The molecule has 0 bridgehead atoms. The van der Waals surface area contributed by atoms with Gasteiger partial charge in [-0.3, -0.25) is 0 Å². The maximum Gasteiger partial charge on any atom is 0.260 e. The van der Waals surface area contributed by atoms with Crippen LogP contribution in [0.2, 0.25) is 0 Å². The predicted octanol–water partition coefficient (Wildman–Crippen LogP) is 1.19. The van der Waals surface area contributed by atoms with Gasteiger partial charge in [0.15, 0.2) is 5.75 Å². The van der Waals surface area contributed by atoms with Gasteiger partial charge in [-0.05, 0) is 13.8 Å². The van der Waals surface area contributed by atoms with Crippen LogP contribution in [0.1, 0.15) is 12.7 Å². The van der Waals surface area contributed by atoms with Crippen molar-refractivity contribution >= 4 is 0 Å². The van der Waals surface area contributed by atoms with Gasteiger partial charge >= 0.3 is 0 Å². The first kappa shape index (κ1) is 8.77. The van der Waals surface area contributed by atoms with E-state index in [0.29, 0.717) is 24.1 Å². The van der Waals surface area contributed by atoms with Crippen molar-refractivity contribution < 1.29 is 9.47 Å². The third-order valence-electron chi connectivity index (χ3n) is 1.34. The molecular weight excluding hydrogens is 156 g/mol. The minimum atomic E-state index is 0.490. The SMILES string of the molecule is CCOc1cnc(C)nc1OC. The van der Waals surface area contributed by atoms with E-state index in [0.717, 1.165) is 0 Å². The lowest BCUT2D eigenvalue weighted by atomic mass is 10.5. The molecule has 0 amide bonds. The number of aromatic nitrogens is 2. The zero-order chi connectivity index (χ0) is 8.97. The van der Waals surface area contributed by atoms with Gasteiger partial charge in [0.25, 0.3) is 5.88 Å². The van der Waals surface area contributed by atoms with Gasteiger partial charge in [-0.15, -0.1) is 0 Å². The highest BCUT2D eigenvalue weighted by Gasteiger charge is 2.05. The smallest absolute Gasteiger partial charge is 0.260 e. The second-order valence-corrected chi connectivity index (χ2v) is 2.22. The highest BCUT2D eigenvalue weighted by Crippen LogP contribution is 2.22. The summed E-state index contributed by atoms with van der Waals surface area (Å²) in [7, 11) is 1.56. The van der Waals surface area contributed by atoms with E-state index in [1.807, 2.05) is 6.92 Å². The third-order valence-corrected chi connectivity index (χ3v) is 1.34. The molecule has 0 spiro atoms. The summed E-state index contributed by atoms with van der Waals surface area (Å²) in [6.07, 6.45) is 1.62. The monoisotopic (exact) mass is 168 g/mol. The largest absolute Gasteiger partial charge is 0.487 e. The summed E-state index contributed by atoms with van der Waals surface area (Å²) in [4.78, 5) is 8.04. The van der Waals surface area contributed by atoms with Crippen LogP contribution in [0.15, 0.2) is 6.20 Å². The first-order valence-electron chi connectivity index (χ1n) is 3.78. The summed E-state index contributed by atoms with van der Waals surface area (Å²) in [5.74, 6) is 1.75. The fourth-order valence-corrected chi connectivity index (χ4v) is 0.839. The second-order valence-electron chi connectivity index (χ2n) is 2.22. The summed E-state index contributed by atoms with van der Waals surface area (Å²) >= 11 is 0. The molecule has 0 unspecified atom stereocenters. The van der Waals surface area contributed by atoms with E-state index < -0.39 is 0 Å². The maximum atomic E-state index is 5.23. The number of methoxy groups -OCH3 is 1. The molecule has 0 radical (unpaired) electrons. The van der Waals surface area contributed by atoms with Crippen LogP contribution >= 0.6 is 0 Å². The molecular formula is C8H12N2O2. The van der Waals surface area contributed by atoms with Crippen molar-refractivity contribution in [2.24, 2.45) is 0 Å². The van der Waals surface area contributed by atoms with E-state index in [4.69, 9.17) is 9.47 Å². The summed E-state index contributed by atoms with van der Waals surface area (Å²) in [6.45, 7) is 4.29. The Kier molecular flexibility index (Phi) is 2.85. The number of aryl methyl sites for hydroxylation is 1. The molecule has 0 aliphatic heterocycles. The van der Waals surface area contributed by atoms with Crippen LogP contribution in [0.25, 0.3) is 0 Å². The molecule has 0 N–H and O–H groups in total. The molecule has 0 fully saturated rings. The first-order valence-corrected chi connectivity index (χ1v) is 3.78. The molecule has 4 nitrogen and oxygen atoms in total. The predicted molar refractivity (Wildman–Crippen MR) is 44.5 cm³/mol. The molecule has 0 saturated carbocycles. The van der Waals surface area contributed by atoms with E-state index in [2.05, 4.69) is 9.97 Å². The number of ether oxygens (including phenoxy) is 2. The van der Waals surface area contributed by atoms with Gasteiger partial charge < -0.3 is 9.47 Å². The van der Waals surface area contributed by atoms with Gasteiger partial charge in [-0.2, -0.15) is 4.98 Å². The van der Waals surface area contributed by atoms with Crippen LogP contribution in [-0.2, 0) is 0 Å². The molecule has 0 aliphatic rings. The quantitative estimate of drug-likeness (QED) is 0.680. The minimum absolute atomic E-state index is 0.490. The fourth-order valence-electron chi connectivity index (χ4n) is 0.839. The maximum absolute atomic E-state index is 5.23. The van der Waals surface area contributed by atoms with Crippen LogP contribution in [0, 0.1) is 6.92 Å². The molecule has 0 aliphatic carbocycles. The van der Waals surface area contributed by atoms with Gasteiger partial charge in [0.05, 0.1) is 19.9 Å². The lowest BCUT2D eigenvalue weighted by Gasteiger charge is -2.06. The average Bonchev–Trinajstić information content (AvgIpc) is 2.08. The molecule has 66 valence electrons. The van der Waals surface area contributed by atoms with Crippen molar-refractivity contribution in [3.63, 3.8) is 0 Å². The van der Waals surface area contributed by atoms with Gasteiger partial charge in [0.2, 0.25) is 0 Å². The van der Waals surface area contributed by atoms with Crippen molar-refractivity contribution in [2.45, 2.75) is 13.8 Å². The van der Waals surface area contributed by atoms with Crippen molar-refractivity contribution in [2.75, 3.05) is 13.7 Å². The zero-order valence-corrected chi connectivity index (χ0v) is 7.50. The van der Waals surface area contributed by atoms with Crippen molar-refractivity contribution in [1.29, 1.82) is 0 Å². The van der Waals surface area contributed by atoms with E-state index in [9.17, 15) is 0 Å². The Bertz CT molecular complexity index is 263. The van der Waals surface area contributed by atoms with E-state index in [1.165, 1.54) is 0 Å². The Labute approximate surface area is 71.6 Å². The van der Waals surface area contributed by atoms with Crippen LogP contribution in [0.4, 0.5) is 0 Å². The van der Waals surface area contributed by atoms with E-state index in [1.54, 1.807) is 20.2 Å². The normalized spacial score (nSPS) is 9.58. The molecule has 0 aromatic carbocycles. The minimum Gasteiger partial charge on any atom is -0.487 e. The molecule has 1 aromatic rings. The van der Waals surface area contributed by atoms with Crippen LogP contribution < -0.4 is 9.47 Å². The molecule has 12 heavy (non-hydrogen) atoms. The van der Waals surface area contributed by atoms with E-state index >= 15 is 0 Å². The Hall–Kier alpha value is -1.32. The molecule has 1 aromatic heterocycles. The summed E-state index contributed by atoms with van der Waals surface area (Å²) in [6, 6.07) is 0. The van der Waals surface area contributed by atoms with Gasteiger partial charge in [0.1, 0.15) is 5.82 Å². The number of nitrogens with zero attached hydrogens (tertiary/aromatic N) is 2. The van der Waals surface area contributed by atoms with Crippen molar-refractivity contribution in [3.8, 4) is 11.6 Å². The second kappa shape index (κ2) is 3.90. The molecule has 0 saturated heterocycles. The Balaban J connectivity index is 2.94. The summed E-state index contributed by atoms with van der Waals surface area (Å²) in [5.41, 5.74) is 0. The van der Waals surface area contributed by atoms with Crippen molar-refractivity contribution in [3.05, 3.63) is 12.0 Å². The molecule has 1 rings (SSSR count). The number of hydrogen-bond acceptors (Lipinski definition) is 4. The van der Waals surface area contributed by atoms with Crippen LogP contribution in [0.5, 0.6) is 11.6 Å². The highest BCUT2D eigenvalue weighted by molar-refractivity contribution is 5.30. The number of hydrogen-bond donors (Lipinski definition) is 0. The van der Waals surface area contributed by atoms with Crippen LogP contribution in [0.3, 0.4) is 0 Å². The Morgan fingerprint density at radius 3 is 2.83 bits per heavy atom. The summed E-state index contributed by atoms with van der Waals surface area (Å²) in [5, 5.41) is 0. The molecule has 0 atom stereocenters. The number of rotatable bonds is 3. The fraction of sp³-hybridized carbons (Fsp3) is 0.500. The van der Waals surface area contributed by atoms with E-state index in [-0.39, 0.29) is 0 Å². The first-order chi connectivity index (χ1) is 5.77. The topological polar surface area (TPSA) is 44.2 Å². The standard InChI is InChI=1S/C8H12N2O2/c1-4-12-7-5-9-6(2)10-8(7)11-3/h5H,4H2,1-3H3. The van der Waals surface area contributed by atoms with Crippen molar-refractivity contribution in [1.82, 2.24) is 9.97 Å². The lowest BCUT2D eigenvalue weighted by molar-refractivity contribution is 0.301. The lowest BCUT2D eigenvalue weighted by Crippen LogP contribution is -1.99. The molecule has 4 heteroatoms. The van der Waals surface area contributed by atoms with Gasteiger partial charge in [-0.1, -0.05) is 0 Å². The zero-order valence-electron chi connectivity index (χ0n) is 7.50. The summed E-state index contributed by atoms with van der Waals surface area (Å²) < 4.78 is 10.2.